The summed E-state index contributed by atoms with van der Waals surface area (Å²) in [6, 6.07) is 4.65. The van der Waals surface area contributed by atoms with Gasteiger partial charge in [0.2, 0.25) is 5.91 Å². The summed E-state index contributed by atoms with van der Waals surface area (Å²) in [6.45, 7) is 0.800. The molecule has 0 aromatic carbocycles. The maximum atomic E-state index is 11.9. The molecule has 1 aliphatic carbocycles. The molecule has 1 aliphatic rings. The summed E-state index contributed by atoms with van der Waals surface area (Å²) >= 11 is 5.05. The molecule has 0 atom stereocenters. The fourth-order valence-corrected chi connectivity index (χ4v) is 2.64. The van der Waals surface area contributed by atoms with Crippen LogP contribution in [-0.4, -0.2) is 22.2 Å². The molecule has 1 fully saturated rings. The topological polar surface area (TPSA) is 20.3 Å². The zero-order valence-corrected chi connectivity index (χ0v) is 10.9. The molecule has 0 bridgehead atoms. The lowest BCUT2D eigenvalue weighted by atomic mass is 10.3. The molecule has 2 nitrogen and oxygen atoms in total. The van der Waals surface area contributed by atoms with Crippen molar-refractivity contribution in [2.24, 2.45) is 0 Å². The molecule has 1 aromatic rings. The smallest absolute Gasteiger partial charge is 0.223 e. The Hall–Kier alpha value is -0.350. The van der Waals surface area contributed by atoms with Crippen LogP contribution in [-0.2, 0) is 11.3 Å². The van der Waals surface area contributed by atoms with Crippen molar-refractivity contribution in [3.63, 3.8) is 0 Å². The molecule has 0 radical (unpaired) electrons. The van der Waals surface area contributed by atoms with Gasteiger partial charge >= 0.3 is 0 Å². The number of halogens is 1. The van der Waals surface area contributed by atoms with Crippen molar-refractivity contribution in [1.82, 2.24) is 4.90 Å². The highest BCUT2D eigenvalue weighted by Crippen LogP contribution is 2.29. The van der Waals surface area contributed by atoms with Crippen LogP contribution < -0.4 is 0 Å². The van der Waals surface area contributed by atoms with Gasteiger partial charge in [-0.1, -0.05) is 22.0 Å². The van der Waals surface area contributed by atoms with E-state index >= 15 is 0 Å². The molecule has 0 unspecified atom stereocenters. The van der Waals surface area contributed by atoms with Crippen molar-refractivity contribution >= 4 is 33.2 Å². The third-order valence-corrected chi connectivity index (χ3v) is 3.78. The molecule has 2 rings (SSSR count). The second-order valence-corrected chi connectivity index (χ2v) is 5.60. The Balaban J connectivity index is 1.97. The van der Waals surface area contributed by atoms with Crippen LogP contribution in [0.5, 0.6) is 0 Å². The van der Waals surface area contributed by atoms with E-state index in [0.29, 0.717) is 12.5 Å². The van der Waals surface area contributed by atoms with Crippen LogP contribution in [0.2, 0.25) is 0 Å². The van der Waals surface area contributed by atoms with Crippen molar-refractivity contribution in [1.29, 1.82) is 0 Å². The summed E-state index contributed by atoms with van der Waals surface area (Å²) in [7, 11) is 0. The van der Waals surface area contributed by atoms with Crippen molar-refractivity contribution in [3.05, 3.63) is 22.4 Å². The van der Waals surface area contributed by atoms with Gasteiger partial charge in [0, 0.05) is 22.7 Å². The maximum absolute atomic E-state index is 11.9. The SMILES string of the molecule is O=C(CCBr)N(Cc1cccs1)C1CC1. The number of amides is 1. The van der Waals surface area contributed by atoms with Crippen LogP contribution in [0.15, 0.2) is 17.5 Å². The van der Waals surface area contributed by atoms with Crippen molar-refractivity contribution < 1.29 is 4.79 Å². The Labute approximate surface area is 102 Å². The van der Waals surface area contributed by atoms with Gasteiger partial charge in [0.1, 0.15) is 0 Å². The molecular formula is C11H14BrNOS. The second-order valence-electron chi connectivity index (χ2n) is 3.77. The predicted octanol–water partition coefficient (Wildman–Crippen LogP) is 3.02. The van der Waals surface area contributed by atoms with Crippen LogP contribution in [0.4, 0.5) is 0 Å². The van der Waals surface area contributed by atoms with Crippen LogP contribution in [0.1, 0.15) is 24.1 Å². The summed E-state index contributed by atoms with van der Waals surface area (Å²) in [4.78, 5) is 15.2. The largest absolute Gasteiger partial charge is 0.335 e. The van der Waals surface area contributed by atoms with E-state index in [9.17, 15) is 4.79 Å². The average molecular weight is 288 g/mol. The minimum atomic E-state index is 0.280. The number of nitrogens with zero attached hydrogens (tertiary/aromatic N) is 1. The van der Waals surface area contributed by atoms with Gasteiger partial charge in [-0.2, -0.15) is 0 Å². The van der Waals surface area contributed by atoms with Crippen LogP contribution in [0, 0.1) is 0 Å². The van der Waals surface area contributed by atoms with Crippen molar-refractivity contribution in [2.75, 3.05) is 5.33 Å². The van der Waals surface area contributed by atoms with E-state index in [1.54, 1.807) is 11.3 Å². The lowest BCUT2D eigenvalue weighted by Crippen LogP contribution is -2.32. The Morgan fingerprint density at radius 1 is 1.60 bits per heavy atom. The number of hydrogen-bond donors (Lipinski definition) is 0. The Kier molecular flexibility index (Phi) is 3.81. The molecule has 0 saturated heterocycles. The highest BCUT2D eigenvalue weighted by Gasteiger charge is 2.32. The lowest BCUT2D eigenvalue weighted by Gasteiger charge is -2.21. The minimum absolute atomic E-state index is 0.280. The summed E-state index contributed by atoms with van der Waals surface area (Å²) in [5.74, 6) is 0.280. The number of rotatable bonds is 5. The average Bonchev–Trinajstić information content (AvgIpc) is 2.93. The maximum Gasteiger partial charge on any atom is 0.223 e. The van der Waals surface area contributed by atoms with E-state index in [-0.39, 0.29) is 5.91 Å². The standard InChI is InChI=1S/C11H14BrNOS/c12-6-5-11(14)13(9-3-4-9)8-10-2-1-7-15-10/h1-2,7,9H,3-6,8H2. The van der Waals surface area contributed by atoms with Crippen LogP contribution in [0.25, 0.3) is 0 Å². The summed E-state index contributed by atoms with van der Waals surface area (Å²) in [5.41, 5.74) is 0. The van der Waals surface area contributed by atoms with E-state index in [0.717, 1.165) is 11.9 Å². The molecular weight excluding hydrogens is 274 g/mol. The zero-order valence-electron chi connectivity index (χ0n) is 8.49. The van der Waals surface area contributed by atoms with E-state index in [1.807, 2.05) is 11.0 Å². The first-order chi connectivity index (χ1) is 7.31. The molecule has 1 amide bonds. The van der Waals surface area contributed by atoms with E-state index in [2.05, 4.69) is 27.4 Å². The Bertz CT molecular complexity index is 321. The van der Waals surface area contributed by atoms with Gasteiger partial charge in [-0.3, -0.25) is 4.79 Å². The molecule has 1 heterocycles. The first-order valence-electron chi connectivity index (χ1n) is 5.19. The third kappa shape index (κ3) is 3.05. The van der Waals surface area contributed by atoms with E-state index in [1.165, 1.54) is 17.7 Å². The molecule has 0 aliphatic heterocycles. The van der Waals surface area contributed by atoms with Gasteiger partial charge in [-0.25, -0.2) is 0 Å². The molecule has 0 N–H and O–H groups in total. The third-order valence-electron chi connectivity index (χ3n) is 2.52. The van der Waals surface area contributed by atoms with Gasteiger partial charge in [-0.15, -0.1) is 11.3 Å². The number of alkyl halides is 1. The van der Waals surface area contributed by atoms with E-state index < -0.39 is 0 Å². The lowest BCUT2D eigenvalue weighted by molar-refractivity contribution is -0.131. The molecule has 4 heteroatoms. The van der Waals surface area contributed by atoms with Gasteiger partial charge in [-0.05, 0) is 24.3 Å². The molecule has 82 valence electrons. The fourth-order valence-electron chi connectivity index (χ4n) is 1.60. The summed E-state index contributed by atoms with van der Waals surface area (Å²) in [6.07, 6.45) is 2.97. The summed E-state index contributed by atoms with van der Waals surface area (Å²) in [5, 5.41) is 2.83. The van der Waals surface area contributed by atoms with Gasteiger partial charge in [0.05, 0.1) is 6.54 Å². The van der Waals surface area contributed by atoms with E-state index in [4.69, 9.17) is 0 Å². The number of carbonyl (C=O) groups excluding carboxylic acids is 1. The number of thiophene rings is 1. The minimum Gasteiger partial charge on any atom is -0.335 e. The quantitative estimate of drug-likeness (QED) is 0.763. The van der Waals surface area contributed by atoms with Gasteiger partial charge in [0.15, 0.2) is 0 Å². The first-order valence-corrected chi connectivity index (χ1v) is 7.19. The van der Waals surface area contributed by atoms with Crippen LogP contribution in [0.3, 0.4) is 0 Å². The number of carbonyl (C=O) groups is 1. The monoisotopic (exact) mass is 287 g/mol. The predicted molar refractivity (Wildman–Crippen MR) is 66.3 cm³/mol. The van der Waals surface area contributed by atoms with Crippen molar-refractivity contribution in [3.8, 4) is 0 Å². The first kappa shape index (κ1) is 11.1. The molecule has 15 heavy (non-hydrogen) atoms. The van der Waals surface area contributed by atoms with Gasteiger partial charge < -0.3 is 4.90 Å². The Morgan fingerprint density at radius 3 is 2.93 bits per heavy atom. The summed E-state index contributed by atoms with van der Waals surface area (Å²) < 4.78 is 0. The fraction of sp³-hybridized carbons (Fsp3) is 0.545. The zero-order chi connectivity index (χ0) is 10.7. The highest BCUT2D eigenvalue weighted by molar-refractivity contribution is 9.09. The normalized spacial score (nSPS) is 15.3. The molecule has 1 aromatic heterocycles. The van der Waals surface area contributed by atoms with Gasteiger partial charge in [0.25, 0.3) is 0 Å². The van der Waals surface area contributed by atoms with Crippen LogP contribution >= 0.6 is 27.3 Å². The Morgan fingerprint density at radius 2 is 2.40 bits per heavy atom. The molecule has 1 saturated carbocycles. The van der Waals surface area contributed by atoms with Crippen molar-refractivity contribution in [2.45, 2.75) is 31.8 Å². The second kappa shape index (κ2) is 5.12. The molecule has 0 spiro atoms. The highest BCUT2D eigenvalue weighted by atomic mass is 79.9. The number of hydrogen-bond acceptors (Lipinski definition) is 2.